The van der Waals surface area contributed by atoms with Gasteiger partial charge in [-0.1, -0.05) is 0 Å². The highest BCUT2D eigenvalue weighted by atomic mass is 16.5. The minimum atomic E-state index is -0.274. The topological polar surface area (TPSA) is 87.9 Å². The van der Waals surface area contributed by atoms with Crippen molar-refractivity contribution >= 4 is 23.2 Å². The zero-order chi connectivity index (χ0) is 17.6. The first-order valence-corrected chi connectivity index (χ1v) is 8.86. The number of carbonyl (C=O) groups is 2. The van der Waals surface area contributed by atoms with Gasteiger partial charge in [-0.3, -0.25) is 14.5 Å². The van der Waals surface area contributed by atoms with Crippen LogP contribution in [0, 0.1) is 5.92 Å². The van der Waals surface area contributed by atoms with Gasteiger partial charge >= 0.3 is 0 Å². The summed E-state index contributed by atoms with van der Waals surface area (Å²) in [6.07, 6.45) is 1.71. The van der Waals surface area contributed by atoms with Crippen molar-refractivity contribution in [2.45, 2.75) is 12.8 Å². The van der Waals surface area contributed by atoms with E-state index in [2.05, 4.69) is 10.2 Å². The maximum atomic E-state index is 12.2. The van der Waals surface area contributed by atoms with E-state index in [4.69, 9.17) is 10.5 Å². The summed E-state index contributed by atoms with van der Waals surface area (Å²) in [7, 11) is 0. The zero-order valence-electron chi connectivity index (χ0n) is 14.4. The van der Waals surface area contributed by atoms with Crippen LogP contribution in [-0.2, 0) is 14.3 Å². The molecule has 136 valence electrons. The highest BCUT2D eigenvalue weighted by molar-refractivity contribution is 5.92. The smallest absolute Gasteiger partial charge is 0.238 e. The van der Waals surface area contributed by atoms with Crippen molar-refractivity contribution in [2.24, 2.45) is 11.7 Å². The second-order valence-electron chi connectivity index (χ2n) is 6.67. The van der Waals surface area contributed by atoms with Gasteiger partial charge in [0.25, 0.3) is 0 Å². The second-order valence-corrected chi connectivity index (χ2v) is 6.67. The van der Waals surface area contributed by atoms with E-state index in [0.717, 1.165) is 57.1 Å². The molecule has 7 heteroatoms. The fourth-order valence-electron chi connectivity index (χ4n) is 3.41. The van der Waals surface area contributed by atoms with Gasteiger partial charge in [0.2, 0.25) is 11.8 Å². The Morgan fingerprint density at radius 2 is 1.88 bits per heavy atom. The van der Waals surface area contributed by atoms with Crippen LogP contribution in [0.1, 0.15) is 12.8 Å². The van der Waals surface area contributed by atoms with Crippen molar-refractivity contribution in [1.29, 1.82) is 0 Å². The molecular weight excluding hydrogens is 320 g/mol. The van der Waals surface area contributed by atoms with Crippen LogP contribution in [0.25, 0.3) is 0 Å². The van der Waals surface area contributed by atoms with E-state index >= 15 is 0 Å². The first-order chi connectivity index (χ1) is 12.1. The molecular formula is C18H26N4O3. The van der Waals surface area contributed by atoms with E-state index in [-0.39, 0.29) is 24.3 Å². The number of morpholine rings is 1. The molecule has 0 bridgehead atoms. The lowest BCUT2D eigenvalue weighted by molar-refractivity contribution is -0.125. The molecule has 3 N–H and O–H groups in total. The molecule has 2 aliphatic rings. The number of amides is 2. The highest BCUT2D eigenvalue weighted by Crippen LogP contribution is 2.19. The van der Waals surface area contributed by atoms with Gasteiger partial charge in [-0.25, -0.2) is 0 Å². The molecule has 0 saturated carbocycles. The minimum absolute atomic E-state index is 0.0655. The normalized spacial score (nSPS) is 21.8. The Bertz CT molecular complexity index is 599. The van der Waals surface area contributed by atoms with Crippen LogP contribution in [0.5, 0.6) is 0 Å². The van der Waals surface area contributed by atoms with Gasteiger partial charge in [-0.2, -0.15) is 0 Å². The predicted octanol–water partition coefficient (Wildman–Crippen LogP) is 0.659. The molecule has 0 unspecified atom stereocenters. The van der Waals surface area contributed by atoms with Crippen molar-refractivity contribution in [3.63, 3.8) is 0 Å². The van der Waals surface area contributed by atoms with Crippen molar-refractivity contribution in [2.75, 3.05) is 56.2 Å². The Balaban J connectivity index is 1.50. The van der Waals surface area contributed by atoms with Crippen LogP contribution in [0.2, 0.25) is 0 Å². The molecule has 2 aliphatic heterocycles. The van der Waals surface area contributed by atoms with Gasteiger partial charge in [-0.05, 0) is 43.7 Å². The number of benzene rings is 1. The summed E-state index contributed by atoms with van der Waals surface area (Å²) in [6, 6.07) is 7.88. The third-order valence-corrected chi connectivity index (χ3v) is 4.80. The Kier molecular flexibility index (Phi) is 5.88. The third kappa shape index (κ3) is 4.93. The predicted molar refractivity (Wildman–Crippen MR) is 96.5 cm³/mol. The largest absolute Gasteiger partial charge is 0.378 e. The number of anilines is 2. The van der Waals surface area contributed by atoms with E-state index in [1.54, 1.807) is 0 Å². The summed E-state index contributed by atoms with van der Waals surface area (Å²) >= 11 is 0. The lowest BCUT2D eigenvalue weighted by Gasteiger charge is -2.30. The van der Waals surface area contributed by atoms with Crippen LogP contribution in [0.4, 0.5) is 11.4 Å². The van der Waals surface area contributed by atoms with E-state index in [1.807, 2.05) is 29.2 Å². The van der Waals surface area contributed by atoms with E-state index in [9.17, 15) is 9.59 Å². The van der Waals surface area contributed by atoms with Crippen molar-refractivity contribution in [3.05, 3.63) is 24.3 Å². The van der Waals surface area contributed by atoms with Crippen LogP contribution in [0.15, 0.2) is 24.3 Å². The fourth-order valence-corrected chi connectivity index (χ4v) is 3.41. The number of likely N-dealkylation sites (tertiary alicyclic amines) is 1. The number of hydrogen-bond donors (Lipinski definition) is 2. The first kappa shape index (κ1) is 17.7. The molecule has 7 nitrogen and oxygen atoms in total. The lowest BCUT2D eigenvalue weighted by atomic mass is 9.97. The second kappa shape index (κ2) is 8.31. The lowest BCUT2D eigenvalue weighted by Crippen LogP contribution is -2.44. The summed E-state index contributed by atoms with van der Waals surface area (Å²) in [4.78, 5) is 27.8. The summed E-state index contributed by atoms with van der Waals surface area (Å²) in [5.74, 6) is -0.484. The summed E-state index contributed by atoms with van der Waals surface area (Å²) in [6.45, 7) is 4.96. The van der Waals surface area contributed by atoms with E-state index < -0.39 is 0 Å². The number of hydrogen-bond acceptors (Lipinski definition) is 5. The molecule has 1 atom stereocenters. The third-order valence-electron chi connectivity index (χ3n) is 4.80. The Morgan fingerprint density at radius 1 is 1.16 bits per heavy atom. The number of rotatable bonds is 5. The summed E-state index contributed by atoms with van der Waals surface area (Å²) in [5.41, 5.74) is 7.30. The Hall–Kier alpha value is -2.12. The molecule has 1 aromatic carbocycles. The van der Waals surface area contributed by atoms with Gasteiger partial charge in [0.1, 0.15) is 0 Å². The van der Waals surface area contributed by atoms with Gasteiger partial charge in [-0.15, -0.1) is 0 Å². The number of primary amides is 1. The number of piperidine rings is 1. The van der Waals surface area contributed by atoms with E-state index in [0.29, 0.717) is 6.54 Å². The number of nitrogens with two attached hydrogens (primary N) is 1. The molecule has 2 fully saturated rings. The average Bonchev–Trinajstić information content (AvgIpc) is 2.63. The molecule has 3 rings (SSSR count). The maximum Gasteiger partial charge on any atom is 0.238 e. The Labute approximate surface area is 148 Å². The van der Waals surface area contributed by atoms with Crippen molar-refractivity contribution < 1.29 is 14.3 Å². The quantitative estimate of drug-likeness (QED) is 0.818. The molecule has 2 heterocycles. The number of ether oxygens (including phenoxy) is 1. The summed E-state index contributed by atoms with van der Waals surface area (Å²) < 4.78 is 5.36. The maximum absolute atomic E-state index is 12.2. The molecule has 25 heavy (non-hydrogen) atoms. The zero-order valence-corrected chi connectivity index (χ0v) is 14.4. The molecule has 1 aromatic rings. The molecule has 0 spiro atoms. The van der Waals surface area contributed by atoms with Gasteiger partial charge < -0.3 is 20.7 Å². The van der Waals surface area contributed by atoms with E-state index in [1.165, 1.54) is 0 Å². The van der Waals surface area contributed by atoms with Crippen molar-refractivity contribution in [1.82, 2.24) is 4.90 Å². The SMILES string of the molecule is NC(=O)[C@H]1CCCN(CC(=O)Nc2ccc(N3CCOCC3)cc2)C1. The molecule has 2 amide bonds. The van der Waals surface area contributed by atoms with Crippen LogP contribution in [-0.4, -0.2) is 62.7 Å². The standard InChI is InChI=1S/C18H26N4O3/c19-18(24)14-2-1-7-21(12-14)13-17(23)20-15-3-5-16(6-4-15)22-8-10-25-11-9-22/h3-6,14H,1-2,7-13H2,(H2,19,24)(H,20,23)/t14-/m0/s1. The van der Waals surface area contributed by atoms with Crippen molar-refractivity contribution in [3.8, 4) is 0 Å². The van der Waals surface area contributed by atoms with Crippen LogP contribution in [0.3, 0.4) is 0 Å². The molecule has 0 aliphatic carbocycles. The monoisotopic (exact) mass is 346 g/mol. The number of nitrogens with zero attached hydrogens (tertiary/aromatic N) is 2. The minimum Gasteiger partial charge on any atom is -0.378 e. The first-order valence-electron chi connectivity index (χ1n) is 8.86. The molecule has 0 aromatic heterocycles. The van der Waals surface area contributed by atoms with Gasteiger partial charge in [0, 0.05) is 31.0 Å². The number of carbonyl (C=O) groups excluding carboxylic acids is 2. The van der Waals surface area contributed by atoms with Crippen LogP contribution < -0.4 is 16.0 Å². The number of nitrogens with one attached hydrogen (secondary N) is 1. The summed E-state index contributed by atoms with van der Waals surface area (Å²) in [5, 5.41) is 2.92. The molecule has 2 saturated heterocycles. The Morgan fingerprint density at radius 3 is 2.56 bits per heavy atom. The van der Waals surface area contributed by atoms with Crippen LogP contribution >= 0.6 is 0 Å². The van der Waals surface area contributed by atoms with Gasteiger partial charge in [0.05, 0.1) is 25.7 Å². The molecule has 0 radical (unpaired) electrons. The van der Waals surface area contributed by atoms with Gasteiger partial charge in [0.15, 0.2) is 0 Å². The fraction of sp³-hybridized carbons (Fsp3) is 0.556. The average molecular weight is 346 g/mol. The highest BCUT2D eigenvalue weighted by Gasteiger charge is 2.25.